The van der Waals surface area contributed by atoms with Crippen LogP contribution in [0.15, 0.2) is 6.20 Å². The summed E-state index contributed by atoms with van der Waals surface area (Å²) in [4.78, 5) is 16.8. The molecule has 1 aliphatic heterocycles. The number of aliphatic hydroxyl groups is 1. The minimum atomic E-state index is -0.418. The first-order chi connectivity index (χ1) is 7.15. The molecule has 1 amide bonds. The van der Waals surface area contributed by atoms with Gasteiger partial charge in [0.25, 0.3) is 0 Å². The number of hydrogen-bond donors (Lipinski definition) is 3. The molecule has 5 nitrogen and oxygen atoms in total. The van der Waals surface area contributed by atoms with Gasteiger partial charge < -0.3 is 15.7 Å². The largest absolute Gasteiger partial charge is 0.392 e. The zero-order valence-electron chi connectivity index (χ0n) is 8.77. The van der Waals surface area contributed by atoms with Gasteiger partial charge in [0.05, 0.1) is 12.1 Å². The van der Waals surface area contributed by atoms with Gasteiger partial charge in [-0.3, -0.25) is 4.79 Å². The highest BCUT2D eigenvalue weighted by molar-refractivity contribution is 7.15. The summed E-state index contributed by atoms with van der Waals surface area (Å²) in [6, 6.07) is -0.302. The topological polar surface area (TPSA) is 74.2 Å². The van der Waals surface area contributed by atoms with E-state index < -0.39 is 6.10 Å². The molecule has 1 aromatic heterocycles. The Morgan fingerprint density at radius 3 is 3.00 bits per heavy atom. The number of carbonyl (C=O) groups excluding carboxylic acids is 1. The molecule has 0 aromatic carbocycles. The Morgan fingerprint density at radius 1 is 1.75 bits per heavy atom. The molecule has 0 aliphatic carbocycles. The quantitative estimate of drug-likeness (QED) is 0.728. The summed E-state index contributed by atoms with van der Waals surface area (Å²) in [6.07, 6.45) is 1.77. The molecular formula is C9H14ClN3O2S. The van der Waals surface area contributed by atoms with Crippen molar-refractivity contribution in [3.63, 3.8) is 0 Å². The van der Waals surface area contributed by atoms with Crippen LogP contribution in [0.25, 0.3) is 0 Å². The Bertz CT molecular complexity index is 371. The molecule has 0 bridgehead atoms. The molecule has 2 rings (SSSR count). The van der Waals surface area contributed by atoms with E-state index in [1.807, 2.05) is 6.92 Å². The molecule has 1 fully saturated rings. The van der Waals surface area contributed by atoms with Gasteiger partial charge in [-0.25, -0.2) is 4.98 Å². The lowest BCUT2D eigenvalue weighted by atomic mass is 10.2. The van der Waals surface area contributed by atoms with Gasteiger partial charge in [0.1, 0.15) is 0 Å². The van der Waals surface area contributed by atoms with Crippen molar-refractivity contribution in [1.82, 2.24) is 10.3 Å². The van der Waals surface area contributed by atoms with Gasteiger partial charge in [-0.15, -0.1) is 23.7 Å². The van der Waals surface area contributed by atoms with E-state index in [0.29, 0.717) is 18.1 Å². The smallest absolute Gasteiger partial charge is 0.243 e. The van der Waals surface area contributed by atoms with Crippen LogP contribution in [0.4, 0.5) is 5.13 Å². The van der Waals surface area contributed by atoms with Gasteiger partial charge in [-0.2, -0.15) is 0 Å². The monoisotopic (exact) mass is 263 g/mol. The number of halogens is 1. The second kappa shape index (κ2) is 5.58. The summed E-state index contributed by atoms with van der Waals surface area (Å²) in [5.74, 6) is -0.124. The molecule has 0 saturated carbocycles. The molecule has 0 unspecified atom stereocenters. The molecule has 1 saturated heterocycles. The SMILES string of the molecule is Cc1cnc(NC(=O)[C@H]2C[C@H](O)CN2)s1.Cl. The summed E-state index contributed by atoms with van der Waals surface area (Å²) in [6.45, 7) is 2.42. The van der Waals surface area contributed by atoms with Crippen LogP contribution in [-0.2, 0) is 4.79 Å². The fourth-order valence-electron chi connectivity index (χ4n) is 1.52. The first kappa shape index (κ1) is 13.4. The molecule has 1 aromatic rings. The molecule has 1 aliphatic rings. The van der Waals surface area contributed by atoms with Crippen LogP contribution in [0.2, 0.25) is 0 Å². The van der Waals surface area contributed by atoms with Crippen molar-refractivity contribution in [2.24, 2.45) is 0 Å². The number of amides is 1. The third kappa shape index (κ3) is 3.15. The maximum atomic E-state index is 11.7. The summed E-state index contributed by atoms with van der Waals surface area (Å²) in [5, 5.41) is 15.5. The number of anilines is 1. The fraction of sp³-hybridized carbons (Fsp3) is 0.556. The summed E-state index contributed by atoms with van der Waals surface area (Å²) < 4.78 is 0. The molecule has 90 valence electrons. The standard InChI is InChI=1S/C9H13N3O2S.ClH/c1-5-3-11-9(15-5)12-8(14)7-2-6(13)4-10-7;/h3,6-7,10,13H,2,4H2,1H3,(H,11,12,14);1H/t6-,7+;/m0./s1. The summed E-state index contributed by atoms with van der Waals surface area (Å²) >= 11 is 1.44. The first-order valence-electron chi connectivity index (χ1n) is 4.80. The van der Waals surface area contributed by atoms with Crippen molar-refractivity contribution < 1.29 is 9.90 Å². The molecule has 16 heavy (non-hydrogen) atoms. The molecular weight excluding hydrogens is 250 g/mol. The number of nitrogens with one attached hydrogen (secondary N) is 2. The second-order valence-corrected chi connectivity index (χ2v) is 4.85. The number of aromatic nitrogens is 1. The van der Waals surface area contributed by atoms with Gasteiger partial charge >= 0.3 is 0 Å². The van der Waals surface area contributed by atoms with Gasteiger partial charge in [-0.05, 0) is 13.3 Å². The van der Waals surface area contributed by atoms with Crippen molar-refractivity contribution in [1.29, 1.82) is 0 Å². The maximum absolute atomic E-state index is 11.7. The minimum Gasteiger partial charge on any atom is -0.392 e. The maximum Gasteiger partial charge on any atom is 0.243 e. The Balaban J connectivity index is 0.00000128. The average Bonchev–Trinajstić information content (AvgIpc) is 2.75. The highest BCUT2D eigenvalue weighted by Crippen LogP contribution is 2.17. The number of β-amino-alcohol motifs (C(OH)–C–C–N with tert-alkyl or cyclic N) is 1. The van der Waals surface area contributed by atoms with E-state index in [1.165, 1.54) is 11.3 Å². The lowest BCUT2D eigenvalue weighted by Gasteiger charge is -2.08. The molecule has 0 spiro atoms. The second-order valence-electron chi connectivity index (χ2n) is 3.62. The Kier molecular flexibility index (Phi) is 4.67. The van der Waals surface area contributed by atoms with Crippen LogP contribution in [0.1, 0.15) is 11.3 Å². The summed E-state index contributed by atoms with van der Waals surface area (Å²) in [5.41, 5.74) is 0. The molecule has 0 radical (unpaired) electrons. The number of rotatable bonds is 2. The van der Waals surface area contributed by atoms with E-state index in [9.17, 15) is 9.90 Å². The lowest BCUT2D eigenvalue weighted by molar-refractivity contribution is -0.117. The van der Waals surface area contributed by atoms with E-state index in [1.54, 1.807) is 6.20 Å². The van der Waals surface area contributed by atoms with Crippen molar-refractivity contribution in [2.75, 3.05) is 11.9 Å². The van der Waals surface area contributed by atoms with Crippen molar-refractivity contribution in [3.05, 3.63) is 11.1 Å². The third-order valence-corrected chi connectivity index (χ3v) is 3.10. The van der Waals surface area contributed by atoms with Crippen LogP contribution in [-0.4, -0.2) is 34.7 Å². The number of hydrogen-bond acceptors (Lipinski definition) is 5. The predicted octanol–water partition coefficient (Wildman–Crippen LogP) is 0.535. The zero-order chi connectivity index (χ0) is 10.8. The van der Waals surface area contributed by atoms with E-state index >= 15 is 0 Å². The van der Waals surface area contributed by atoms with Crippen LogP contribution in [0.3, 0.4) is 0 Å². The predicted molar refractivity (Wildman–Crippen MR) is 65.1 cm³/mol. The van der Waals surface area contributed by atoms with Gasteiger partial charge in [0.2, 0.25) is 5.91 Å². The minimum absolute atomic E-state index is 0. The molecule has 3 N–H and O–H groups in total. The first-order valence-corrected chi connectivity index (χ1v) is 5.61. The van der Waals surface area contributed by atoms with Crippen molar-refractivity contribution in [3.8, 4) is 0 Å². The molecule has 2 heterocycles. The zero-order valence-corrected chi connectivity index (χ0v) is 10.4. The molecule has 2 atom stereocenters. The average molecular weight is 264 g/mol. The Labute approximate surface area is 104 Å². The third-order valence-electron chi connectivity index (χ3n) is 2.28. The fourth-order valence-corrected chi connectivity index (χ4v) is 2.19. The Hall–Kier alpha value is -0.690. The highest BCUT2D eigenvalue weighted by Gasteiger charge is 2.28. The van der Waals surface area contributed by atoms with Gasteiger partial charge in [0.15, 0.2) is 5.13 Å². The van der Waals surface area contributed by atoms with Crippen molar-refractivity contribution >= 4 is 34.8 Å². The normalized spacial score (nSPS) is 23.9. The number of carbonyl (C=O) groups is 1. The van der Waals surface area contributed by atoms with Crippen molar-refractivity contribution in [2.45, 2.75) is 25.5 Å². The van der Waals surface area contributed by atoms with E-state index in [0.717, 1.165) is 4.88 Å². The van der Waals surface area contributed by atoms with Gasteiger partial charge in [-0.1, -0.05) is 0 Å². The van der Waals surface area contributed by atoms with Crippen LogP contribution >= 0.6 is 23.7 Å². The molecule has 7 heteroatoms. The number of aryl methyl sites for hydroxylation is 1. The lowest BCUT2D eigenvalue weighted by Crippen LogP contribution is -2.35. The van der Waals surface area contributed by atoms with Crippen LogP contribution < -0.4 is 10.6 Å². The van der Waals surface area contributed by atoms with Crippen LogP contribution in [0.5, 0.6) is 0 Å². The van der Waals surface area contributed by atoms with Crippen LogP contribution in [0, 0.1) is 6.92 Å². The summed E-state index contributed by atoms with van der Waals surface area (Å²) in [7, 11) is 0. The number of nitrogens with zero attached hydrogens (tertiary/aromatic N) is 1. The van der Waals surface area contributed by atoms with E-state index in [4.69, 9.17) is 0 Å². The van der Waals surface area contributed by atoms with E-state index in [2.05, 4.69) is 15.6 Å². The Morgan fingerprint density at radius 2 is 2.50 bits per heavy atom. The number of thiazole rings is 1. The highest BCUT2D eigenvalue weighted by atomic mass is 35.5. The number of aliphatic hydroxyl groups excluding tert-OH is 1. The van der Waals surface area contributed by atoms with Gasteiger partial charge in [0, 0.05) is 17.6 Å². The van der Waals surface area contributed by atoms with E-state index in [-0.39, 0.29) is 24.4 Å².